The van der Waals surface area contributed by atoms with Crippen molar-refractivity contribution < 1.29 is 9.53 Å². The molecule has 1 amide bonds. The topological polar surface area (TPSA) is 64.3 Å². The summed E-state index contributed by atoms with van der Waals surface area (Å²) in [4.78, 5) is 11.3. The van der Waals surface area contributed by atoms with E-state index in [2.05, 4.69) is 5.32 Å². The molecule has 0 aromatic rings. The summed E-state index contributed by atoms with van der Waals surface area (Å²) in [5.41, 5.74) is 5.77. The van der Waals surface area contributed by atoms with Crippen molar-refractivity contribution in [3.05, 3.63) is 0 Å². The van der Waals surface area contributed by atoms with E-state index < -0.39 is 0 Å². The number of carbonyl (C=O) groups is 1. The van der Waals surface area contributed by atoms with Crippen LogP contribution in [0.1, 0.15) is 40.0 Å². The molecule has 0 atom stereocenters. The molecule has 0 aliphatic carbocycles. The predicted molar refractivity (Wildman–Crippen MR) is 68.9 cm³/mol. The Kier molecular flexibility index (Phi) is 11.1. The molecule has 0 saturated heterocycles. The van der Waals surface area contributed by atoms with Crippen molar-refractivity contribution in [1.29, 1.82) is 0 Å². The summed E-state index contributed by atoms with van der Waals surface area (Å²) in [6.45, 7) is 7.36. The van der Waals surface area contributed by atoms with Gasteiger partial charge in [-0.2, -0.15) is 0 Å². The third kappa shape index (κ3) is 7.91. The second kappa shape index (κ2) is 9.87. The summed E-state index contributed by atoms with van der Waals surface area (Å²) in [7, 11) is 0. The van der Waals surface area contributed by atoms with Crippen molar-refractivity contribution in [2.24, 2.45) is 5.73 Å². The number of halogens is 1. The maximum atomic E-state index is 11.3. The zero-order valence-electron chi connectivity index (χ0n) is 10.5. The van der Waals surface area contributed by atoms with Crippen LogP contribution in [0, 0.1) is 0 Å². The van der Waals surface area contributed by atoms with E-state index in [1.807, 2.05) is 20.8 Å². The van der Waals surface area contributed by atoms with Gasteiger partial charge >= 0.3 is 0 Å². The molecule has 0 spiro atoms. The van der Waals surface area contributed by atoms with E-state index in [-0.39, 0.29) is 30.5 Å². The highest BCUT2D eigenvalue weighted by molar-refractivity contribution is 5.85. The molecule has 0 saturated carbocycles. The highest BCUT2D eigenvalue weighted by Crippen LogP contribution is 2.08. The molecule has 16 heavy (non-hydrogen) atoms. The summed E-state index contributed by atoms with van der Waals surface area (Å²) in [6.07, 6.45) is 2.65. The van der Waals surface area contributed by atoms with Crippen LogP contribution in [0.15, 0.2) is 0 Å². The third-order valence-electron chi connectivity index (χ3n) is 2.63. The Labute approximate surface area is 105 Å². The lowest BCUT2D eigenvalue weighted by molar-refractivity contribution is -0.125. The first kappa shape index (κ1) is 18.1. The van der Waals surface area contributed by atoms with Crippen LogP contribution in [-0.2, 0) is 9.53 Å². The molecule has 0 unspecified atom stereocenters. The average molecular weight is 253 g/mol. The summed E-state index contributed by atoms with van der Waals surface area (Å²) in [5, 5.41) is 2.80. The van der Waals surface area contributed by atoms with Crippen LogP contribution in [0.3, 0.4) is 0 Å². The Balaban J connectivity index is 0. The van der Waals surface area contributed by atoms with Gasteiger partial charge in [-0.05, 0) is 19.3 Å². The van der Waals surface area contributed by atoms with Crippen LogP contribution in [-0.4, -0.2) is 31.2 Å². The summed E-state index contributed by atoms with van der Waals surface area (Å²) in [5.74, 6) is -0.0832. The molecule has 98 valence electrons. The monoisotopic (exact) mass is 252 g/mol. The van der Waals surface area contributed by atoms with Gasteiger partial charge in [0.05, 0.1) is 0 Å². The highest BCUT2D eigenvalue weighted by atomic mass is 35.5. The molecule has 4 nitrogen and oxygen atoms in total. The van der Waals surface area contributed by atoms with Gasteiger partial charge in [-0.1, -0.05) is 20.8 Å². The van der Waals surface area contributed by atoms with Crippen LogP contribution < -0.4 is 11.1 Å². The molecule has 0 aliphatic rings. The van der Waals surface area contributed by atoms with Crippen LogP contribution in [0.2, 0.25) is 0 Å². The van der Waals surface area contributed by atoms with Crippen LogP contribution in [0.4, 0.5) is 0 Å². The lowest BCUT2D eigenvalue weighted by Crippen LogP contribution is -2.49. The lowest BCUT2D eigenvalue weighted by atomic mass is 9.94. The van der Waals surface area contributed by atoms with Crippen LogP contribution in [0.5, 0.6) is 0 Å². The average Bonchev–Trinajstić information content (AvgIpc) is 2.26. The largest absolute Gasteiger partial charge is 0.372 e. The molecule has 0 fully saturated rings. The Hall–Kier alpha value is -0.320. The van der Waals surface area contributed by atoms with Gasteiger partial charge in [-0.3, -0.25) is 4.79 Å². The van der Waals surface area contributed by atoms with Gasteiger partial charge < -0.3 is 15.8 Å². The number of nitrogens with two attached hydrogens (primary N) is 1. The number of amides is 1. The van der Waals surface area contributed by atoms with E-state index in [1.54, 1.807) is 0 Å². The second-order valence-electron chi connectivity index (χ2n) is 3.90. The minimum absolute atomic E-state index is 0. The van der Waals surface area contributed by atoms with Gasteiger partial charge in [0, 0.05) is 18.7 Å². The minimum Gasteiger partial charge on any atom is -0.372 e. The molecule has 0 heterocycles. The van der Waals surface area contributed by atoms with Crippen molar-refractivity contribution in [1.82, 2.24) is 5.32 Å². The first-order valence-electron chi connectivity index (χ1n) is 5.71. The molecule has 5 heteroatoms. The normalized spacial score (nSPS) is 10.8. The van der Waals surface area contributed by atoms with Crippen molar-refractivity contribution in [2.45, 2.75) is 45.6 Å². The molecule has 0 aromatic heterocycles. The Morgan fingerprint density at radius 2 is 1.88 bits per heavy atom. The first-order valence-corrected chi connectivity index (χ1v) is 5.71. The summed E-state index contributed by atoms with van der Waals surface area (Å²) < 4.78 is 5.12. The van der Waals surface area contributed by atoms with Gasteiger partial charge in [0.1, 0.15) is 6.61 Å². The fourth-order valence-corrected chi connectivity index (χ4v) is 1.13. The van der Waals surface area contributed by atoms with Crippen LogP contribution >= 0.6 is 12.4 Å². The van der Waals surface area contributed by atoms with E-state index >= 15 is 0 Å². The number of rotatable bonds is 8. The molecule has 0 bridgehead atoms. The number of carbonyl (C=O) groups excluding carboxylic acids is 1. The number of hydrogen-bond acceptors (Lipinski definition) is 3. The molecule has 3 N–H and O–H groups in total. The molecule has 0 aliphatic heterocycles. The highest BCUT2D eigenvalue weighted by Gasteiger charge is 2.20. The van der Waals surface area contributed by atoms with Crippen molar-refractivity contribution >= 4 is 18.3 Å². The maximum Gasteiger partial charge on any atom is 0.246 e. The summed E-state index contributed by atoms with van der Waals surface area (Å²) >= 11 is 0. The van der Waals surface area contributed by atoms with Gasteiger partial charge in [0.15, 0.2) is 0 Å². The fraction of sp³-hybridized carbons (Fsp3) is 0.909. The van der Waals surface area contributed by atoms with Crippen molar-refractivity contribution in [3.8, 4) is 0 Å². The molecular weight excluding hydrogens is 228 g/mol. The molecule has 0 rings (SSSR count). The van der Waals surface area contributed by atoms with Crippen molar-refractivity contribution in [2.75, 3.05) is 19.8 Å². The standard InChI is InChI=1S/C11H24N2O2.ClH/c1-4-7-15-8-10(14)13-9-11(12,5-2)6-3;/h4-9,12H2,1-3H3,(H,13,14);1H. The Morgan fingerprint density at radius 3 is 2.31 bits per heavy atom. The van der Waals surface area contributed by atoms with Gasteiger partial charge in [0.25, 0.3) is 0 Å². The maximum absolute atomic E-state index is 11.3. The van der Waals surface area contributed by atoms with Crippen molar-refractivity contribution in [3.63, 3.8) is 0 Å². The minimum atomic E-state index is -0.277. The lowest BCUT2D eigenvalue weighted by Gasteiger charge is -2.26. The zero-order chi connectivity index (χ0) is 11.7. The third-order valence-corrected chi connectivity index (χ3v) is 2.63. The zero-order valence-corrected chi connectivity index (χ0v) is 11.4. The Bertz CT molecular complexity index is 185. The fourth-order valence-electron chi connectivity index (χ4n) is 1.13. The first-order chi connectivity index (χ1) is 7.08. The number of nitrogens with one attached hydrogen (secondary N) is 1. The van der Waals surface area contributed by atoms with Crippen LogP contribution in [0.25, 0.3) is 0 Å². The predicted octanol–water partition coefficient (Wildman–Crippen LogP) is 1.47. The smallest absolute Gasteiger partial charge is 0.246 e. The summed E-state index contributed by atoms with van der Waals surface area (Å²) in [6, 6.07) is 0. The van der Waals surface area contributed by atoms with E-state index in [1.165, 1.54) is 0 Å². The number of ether oxygens (including phenoxy) is 1. The molecule has 0 aromatic carbocycles. The van der Waals surface area contributed by atoms with Gasteiger partial charge in [-0.15, -0.1) is 12.4 Å². The molecular formula is C11H25ClN2O2. The van der Waals surface area contributed by atoms with Gasteiger partial charge in [-0.25, -0.2) is 0 Å². The Morgan fingerprint density at radius 1 is 1.31 bits per heavy atom. The molecule has 0 radical (unpaired) electrons. The van der Waals surface area contributed by atoms with E-state index in [0.29, 0.717) is 13.2 Å². The quantitative estimate of drug-likeness (QED) is 0.643. The second-order valence-corrected chi connectivity index (χ2v) is 3.90. The van der Waals surface area contributed by atoms with E-state index in [9.17, 15) is 4.79 Å². The van der Waals surface area contributed by atoms with E-state index in [4.69, 9.17) is 10.5 Å². The van der Waals surface area contributed by atoms with E-state index in [0.717, 1.165) is 19.3 Å². The van der Waals surface area contributed by atoms with Gasteiger partial charge in [0.2, 0.25) is 5.91 Å². The number of hydrogen-bond donors (Lipinski definition) is 2. The SMILES string of the molecule is CCCOCC(=O)NCC(N)(CC)CC.Cl.